The maximum Gasteiger partial charge on any atom is 0.194 e. The molecule has 0 unspecified atom stereocenters. The average Bonchev–Trinajstić information content (AvgIpc) is 2.59. The van der Waals surface area contributed by atoms with Crippen LogP contribution in [0.4, 0.5) is 22.0 Å². The molecule has 0 N–H and O–H groups in total. The Hall–Kier alpha value is -2.95. The highest BCUT2D eigenvalue weighted by Gasteiger charge is 2.15. The minimum atomic E-state index is -1.63. The maximum atomic E-state index is 14.4. The van der Waals surface area contributed by atoms with Crippen molar-refractivity contribution in [1.29, 1.82) is 0 Å². The normalized spacial score (nSPS) is 10.8. The third-order valence-electron chi connectivity index (χ3n) is 3.76. The van der Waals surface area contributed by atoms with E-state index < -0.39 is 29.1 Å². The summed E-state index contributed by atoms with van der Waals surface area (Å²) >= 11 is 0. The van der Waals surface area contributed by atoms with E-state index in [2.05, 4.69) is 0 Å². The average molecular weight is 345 g/mol. The molecule has 0 spiro atoms. The van der Waals surface area contributed by atoms with Gasteiger partial charge in [0.2, 0.25) is 0 Å². The molecule has 125 valence electrons. The second kappa shape index (κ2) is 6.51. The van der Waals surface area contributed by atoms with Crippen molar-refractivity contribution >= 4 is 6.08 Å². The first kappa shape index (κ1) is 16.9. The highest BCUT2D eigenvalue weighted by molar-refractivity contribution is 5.72. The number of benzene rings is 3. The molecule has 1 radical (unpaired) electrons. The molecule has 0 bridgehead atoms. The van der Waals surface area contributed by atoms with Crippen molar-refractivity contribution in [3.63, 3.8) is 0 Å². The lowest BCUT2D eigenvalue weighted by Gasteiger charge is -2.09. The number of rotatable bonds is 3. The van der Waals surface area contributed by atoms with Crippen LogP contribution in [0.5, 0.6) is 0 Å². The maximum absolute atomic E-state index is 14.4. The Kier molecular flexibility index (Phi) is 4.40. The van der Waals surface area contributed by atoms with Crippen LogP contribution in [-0.4, -0.2) is 0 Å². The van der Waals surface area contributed by atoms with E-state index in [1.54, 1.807) is 6.07 Å². The fourth-order valence-electron chi connectivity index (χ4n) is 2.50. The summed E-state index contributed by atoms with van der Waals surface area (Å²) in [5.74, 6) is -5.88. The SMILES string of the molecule is [CH]=Cc1ccc(-c2ccc(-c3cc(F)c(F)c(F)c3)c(F)c2)c(F)c1. The van der Waals surface area contributed by atoms with Gasteiger partial charge in [-0.1, -0.05) is 36.9 Å². The van der Waals surface area contributed by atoms with Gasteiger partial charge >= 0.3 is 0 Å². The second-order valence-corrected chi connectivity index (χ2v) is 5.35. The predicted octanol–water partition coefficient (Wildman–Crippen LogP) is 6.16. The summed E-state index contributed by atoms with van der Waals surface area (Å²) < 4.78 is 68.1. The molecule has 0 heterocycles. The molecule has 0 saturated carbocycles. The van der Waals surface area contributed by atoms with Crippen LogP contribution in [0.1, 0.15) is 5.56 Å². The van der Waals surface area contributed by atoms with Gasteiger partial charge in [-0.15, -0.1) is 0 Å². The molecule has 0 saturated heterocycles. The molecule has 5 heteroatoms. The molecular weight excluding hydrogens is 335 g/mol. The molecule has 0 aliphatic rings. The first-order chi connectivity index (χ1) is 11.9. The third kappa shape index (κ3) is 3.18. The van der Waals surface area contributed by atoms with Gasteiger partial charge in [0, 0.05) is 11.1 Å². The van der Waals surface area contributed by atoms with Gasteiger partial charge in [-0.05, 0) is 41.0 Å². The van der Waals surface area contributed by atoms with Crippen LogP contribution in [0.3, 0.4) is 0 Å². The molecule has 0 atom stereocenters. The summed E-state index contributed by atoms with van der Waals surface area (Å²) in [5, 5.41) is 0. The summed E-state index contributed by atoms with van der Waals surface area (Å²) in [5.41, 5.74) is 0.566. The first-order valence-corrected chi connectivity index (χ1v) is 7.20. The van der Waals surface area contributed by atoms with Gasteiger partial charge in [-0.25, -0.2) is 22.0 Å². The lowest BCUT2D eigenvalue weighted by Crippen LogP contribution is -1.94. The first-order valence-electron chi connectivity index (χ1n) is 7.20. The fourth-order valence-corrected chi connectivity index (χ4v) is 2.50. The molecule has 3 aromatic carbocycles. The van der Waals surface area contributed by atoms with Gasteiger partial charge in [0.1, 0.15) is 11.6 Å². The van der Waals surface area contributed by atoms with Crippen LogP contribution in [0, 0.1) is 35.7 Å². The number of hydrogen-bond donors (Lipinski definition) is 0. The zero-order valence-electron chi connectivity index (χ0n) is 12.7. The van der Waals surface area contributed by atoms with E-state index in [9.17, 15) is 22.0 Å². The summed E-state index contributed by atoms with van der Waals surface area (Å²) in [4.78, 5) is 0. The Morgan fingerprint density at radius 2 is 1.12 bits per heavy atom. The van der Waals surface area contributed by atoms with E-state index in [1.807, 2.05) is 0 Å². The second-order valence-electron chi connectivity index (χ2n) is 5.35. The minimum absolute atomic E-state index is 0.131. The van der Waals surface area contributed by atoms with Crippen LogP contribution in [0.2, 0.25) is 0 Å². The van der Waals surface area contributed by atoms with E-state index in [1.165, 1.54) is 30.3 Å². The molecule has 0 nitrogen and oxygen atoms in total. The molecule has 0 fully saturated rings. The van der Waals surface area contributed by atoms with E-state index >= 15 is 0 Å². The van der Waals surface area contributed by atoms with Crippen molar-refractivity contribution in [3.05, 3.63) is 89.8 Å². The molecule has 0 aromatic heterocycles. The quantitative estimate of drug-likeness (QED) is 0.394. The lowest BCUT2D eigenvalue weighted by atomic mass is 9.98. The van der Waals surface area contributed by atoms with Crippen LogP contribution in [0.15, 0.2) is 48.5 Å². The van der Waals surface area contributed by atoms with Crippen LogP contribution in [-0.2, 0) is 0 Å². The van der Waals surface area contributed by atoms with Crippen LogP contribution >= 0.6 is 0 Å². The van der Waals surface area contributed by atoms with Crippen molar-refractivity contribution in [1.82, 2.24) is 0 Å². The van der Waals surface area contributed by atoms with Crippen LogP contribution in [0.25, 0.3) is 28.3 Å². The Bertz CT molecular complexity index is 953. The smallest absolute Gasteiger partial charge is 0.194 e. The largest absolute Gasteiger partial charge is 0.206 e. The molecular formula is C20H10F5. The Morgan fingerprint density at radius 3 is 1.68 bits per heavy atom. The lowest BCUT2D eigenvalue weighted by molar-refractivity contribution is 0.447. The summed E-state index contributed by atoms with van der Waals surface area (Å²) in [6, 6.07) is 9.30. The molecule has 3 aromatic rings. The van der Waals surface area contributed by atoms with E-state index in [0.29, 0.717) is 17.7 Å². The highest BCUT2D eigenvalue weighted by Crippen LogP contribution is 2.31. The Labute approximate surface area is 140 Å². The van der Waals surface area contributed by atoms with Crippen molar-refractivity contribution in [2.75, 3.05) is 0 Å². The summed E-state index contributed by atoms with van der Waals surface area (Å²) in [6.45, 7) is 5.31. The molecule has 0 amide bonds. The van der Waals surface area contributed by atoms with Crippen molar-refractivity contribution in [2.45, 2.75) is 0 Å². The van der Waals surface area contributed by atoms with Crippen molar-refractivity contribution in [3.8, 4) is 22.3 Å². The summed E-state index contributed by atoms with van der Waals surface area (Å²) in [7, 11) is 0. The minimum Gasteiger partial charge on any atom is -0.206 e. The van der Waals surface area contributed by atoms with E-state index in [0.717, 1.165) is 6.07 Å². The fraction of sp³-hybridized carbons (Fsp3) is 0. The van der Waals surface area contributed by atoms with Gasteiger partial charge in [0.05, 0.1) is 0 Å². The van der Waals surface area contributed by atoms with Gasteiger partial charge < -0.3 is 0 Å². The van der Waals surface area contributed by atoms with Gasteiger partial charge in [-0.3, -0.25) is 0 Å². The van der Waals surface area contributed by atoms with Crippen molar-refractivity contribution < 1.29 is 22.0 Å². The number of halogens is 5. The van der Waals surface area contributed by atoms with Gasteiger partial charge in [-0.2, -0.15) is 0 Å². The van der Waals surface area contributed by atoms with E-state index in [4.69, 9.17) is 6.58 Å². The zero-order valence-corrected chi connectivity index (χ0v) is 12.7. The predicted molar refractivity (Wildman–Crippen MR) is 85.9 cm³/mol. The monoisotopic (exact) mass is 345 g/mol. The molecule has 25 heavy (non-hydrogen) atoms. The van der Waals surface area contributed by atoms with Crippen molar-refractivity contribution in [2.24, 2.45) is 0 Å². The highest BCUT2D eigenvalue weighted by atomic mass is 19.2. The van der Waals surface area contributed by atoms with E-state index in [-0.39, 0.29) is 22.3 Å². The molecule has 3 rings (SSSR count). The Balaban J connectivity index is 2.06. The van der Waals surface area contributed by atoms with Gasteiger partial charge in [0.25, 0.3) is 0 Å². The van der Waals surface area contributed by atoms with Gasteiger partial charge in [0.15, 0.2) is 17.5 Å². The topological polar surface area (TPSA) is 0 Å². The number of hydrogen-bond acceptors (Lipinski definition) is 0. The zero-order chi connectivity index (χ0) is 18.1. The molecule has 0 aliphatic heterocycles. The Morgan fingerprint density at radius 1 is 0.600 bits per heavy atom. The van der Waals surface area contributed by atoms with Crippen LogP contribution < -0.4 is 0 Å². The standard InChI is InChI=1S/C20H10F5/c1-2-11-3-5-14(16(21)7-11)12-4-6-15(17(22)8-12)13-9-18(23)20(25)19(24)10-13/h1-10H. The molecule has 0 aliphatic carbocycles. The summed E-state index contributed by atoms with van der Waals surface area (Å²) in [6.07, 6.45) is 1.23. The third-order valence-corrected chi connectivity index (χ3v) is 3.76.